The van der Waals surface area contributed by atoms with Crippen LogP contribution in [0.1, 0.15) is 0 Å². The summed E-state index contributed by atoms with van der Waals surface area (Å²) in [6, 6.07) is 6.62. The number of non-ortho nitro benzene ring substituents is 1. The van der Waals surface area contributed by atoms with Gasteiger partial charge in [0.25, 0.3) is 0 Å². The third kappa shape index (κ3) is 32.8. The number of phosphoric acid groups is 1. The van der Waals surface area contributed by atoms with Crippen LogP contribution in [0.3, 0.4) is 0 Å². The number of benzene rings is 1. The first-order valence-corrected chi connectivity index (χ1v) is 6.26. The molecule has 0 aliphatic carbocycles. The van der Waals surface area contributed by atoms with Crippen LogP contribution in [0.25, 0.3) is 0 Å². The molecule has 0 saturated carbocycles. The number of hydrogen-bond acceptors (Lipinski definition) is 3. The van der Waals surface area contributed by atoms with E-state index in [1.54, 1.807) is 12.1 Å². The van der Waals surface area contributed by atoms with Crippen LogP contribution in [-0.2, 0) is 4.57 Å². The van der Waals surface area contributed by atoms with E-state index in [9.17, 15) is 10.1 Å². The van der Waals surface area contributed by atoms with E-state index in [-0.39, 0.29) is 43.5 Å². The zero-order valence-electron chi connectivity index (χ0n) is 10.8. The van der Waals surface area contributed by atoms with Crippen molar-refractivity contribution in [3.8, 4) is 0 Å². The van der Waals surface area contributed by atoms with Gasteiger partial charge in [-0.2, -0.15) is 0 Å². The summed E-state index contributed by atoms with van der Waals surface area (Å²) >= 11 is 0.945. The second-order valence-corrected chi connectivity index (χ2v) is 4.79. The molecule has 0 aliphatic heterocycles. The molecule has 0 unspecified atom stereocenters. The van der Waals surface area contributed by atoms with Gasteiger partial charge in [-0.3, -0.25) is 0 Å². The van der Waals surface area contributed by atoms with Gasteiger partial charge in [-0.15, -0.1) is 0 Å². The molecular weight excluding hydrogens is 332 g/mol. The van der Waals surface area contributed by atoms with Crippen LogP contribution < -0.4 is 2.81 Å². The topological polar surface area (TPSA) is 310 Å². The van der Waals surface area contributed by atoms with Gasteiger partial charge in [-0.1, -0.05) is 0 Å². The Morgan fingerprint density at radius 2 is 1.14 bits per heavy atom. The Hall–Kier alpha value is -0.510. The maximum absolute atomic E-state index is 10.1. The average molecular weight is 351 g/mol. The molecule has 15 N–H and O–H groups in total. The Morgan fingerprint density at radius 3 is 1.33 bits per heavy atom. The first-order valence-electron chi connectivity index (χ1n) is 3.69. The fraction of sp³-hybridized carbons (Fsp3) is 0. The van der Waals surface area contributed by atoms with Gasteiger partial charge in [0.15, 0.2) is 0 Å². The van der Waals surface area contributed by atoms with E-state index in [0.29, 0.717) is 0 Å². The van der Waals surface area contributed by atoms with E-state index in [0.717, 1.165) is 27.9 Å². The van der Waals surface area contributed by atoms with Crippen molar-refractivity contribution >= 4 is 44.3 Å². The quantitative estimate of drug-likeness (QED) is 0.191. The molecule has 0 radical (unpaired) electrons. The summed E-state index contributed by atoms with van der Waals surface area (Å²) < 4.78 is 10.1. The number of nitrogens with zero attached hydrogens (tertiary/aromatic N) is 1. The molecule has 0 heterocycles. The summed E-state index contributed by atoms with van der Waals surface area (Å²) in [5.41, 5.74) is 0.166. The van der Waals surface area contributed by atoms with Crippen LogP contribution in [0.15, 0.2) is 24.3 Å². The predicted octanol–water partition coefficient (Wildman–Crippen LogP) is -5.49. The summed E-state index contributed by atoms with van der Waals surface area (Å²) in [6.07, 6.45) is 0. The number of nitro benzene ring substituents is 1. The molecule has 1 rings (SSSR count). The van der Waals surface area contributed by atoms with E-state index in [4.69, 9.17) is 19.2 Å². The molecule has 0 fully saturated rings. The summed E-state index contributed by atoms with van der Waals surface area (Å²) in [6.45, 7) is 0. The van der Waals surface area contributed by atoms with E-state index in [1.165, 1.54) is 14.9 Å². The molecule has 0 saturated heterocycles. The molecule has 0 spiro atoms. The first kappa shape index (κ1) is 42.8. The standard InChI is InChI=1S/C6H4NO2.Na.H3O4P.6H2O/c8-7(9)6-4-2-1-3-5-6;;1-5(2,3)4;;;;;;/h2-5H;;(H3,1,2,3,4);6*1H2. The van der Waals surface area contributed by atoms with Crippen LogP contribution in [0.5, 0.6) is 0 Å². The molecule has 21 heavy (non-hydrogen) atoms. The SMILES string of the molecule is O.O.O.O.O.O.O=P(O)(O)O.O=[N+]([O-])c1cc[c]([Na])cc1. The van der Waals surface area contributed by atoms with Crippen molar-refractivity contribution in [2.75, 3.05) is 0 Å². The van der Waals surface area contributed by atoms with Crippen LogP contribution in [-0.4, -0.2) is 80.4 Å². The number of nitro groups is 1. The van der Waals surface area contributed by atoms with Crippen LogP contribution in [0.4, 0.5) is 5.69 Å². The molecule has 0 bridgehead atoms. The summed E-state index contributed by atoms with van der Waals surface area (Å²) in [5, 5.41) is 10.1. The zero-order chi connectivity index (χ0) is 12.1. The molecule has 1 aromatic rings. The van der Waals surface area contributed by atoms with Crippen molar-refractivity contribution in [3.05, 3.63) is 34.4 Å². The van der Waals surface area contributed by atoms with E-state index in [2.05, 4.69) is 0 Å². The molecule has 13 nitrogen and oxygen atoms in total. The molecule has 0 amide bonds. The second kappa shape index (κ2) is 19.5. The molecule has 1 aromatic carbocycles. The maximum atomic E-state index is 10.1. The molecule has 0 aromatic heterocycles. The Balaban J connectivity index is -0.0000000325. The average Bonchev–Trinajstić information content (AvgIpc) is 2.01. The predicted molar refractivity (Wildman–Crippen MR) is 74.4 cm³/mol. The van der Waals surface area contributed by atoms with Gasteiger partial charge in [-0.25, -0.2) is 4.57 Å². The van der Waals surface area contributed by atoms with Gasteiger partial charge in [-0.05, 0) is 0 Å². The fourth-order valence-electron chi connectivity index (χ4n) is 0.666. The molecule has 0 aliphatic rings. The first-order chi connectivity index (χ1) is 6.70. The normalized spacial score (nSPS) is 7.29. The molecule has 0 atom stereocenters. The third-order valence-electron chi connectivity index (χ3n) is 1.24. The van der Waals surface area contributed by atoms with Crippen molar-refractivity contribution in [3.63, 3.8) is 0 Å². The van der Waals surface area contributed by atoms with Crippen molar-refractivity contribution < 1.29 is 57.0 Å². The van der Waals surface area contributed by atoms with Gasteiger partial charge in [0, 0.05) is 0 Å². The Kier molecular flexibility index (Phi) is 39.7. The number of rotatable bonds is 1. The minimum absolute atomic E-state index is 0. The van der Waals surface area contributed by atoms with E-state index >= 15 is 0 Å². The van der Waals surface area contributed by atoms with E-state index < -0.39 is 7.82 Å². The molecular formula is C6H19NNaO12P. The van der Waals surface area contributed by atoms with Crippen molar-refractivity contribution in [2.45, 2.75) is 0 Å². The molecule has 15 heteroatoms. The van der Waals surface area contributed by atoms with Crippen LogP contribution in [0, 0.1) is 10.1 Å². The van der Waals surface area contributed by atoms with Gasteiger partial charge in [0.2, 0.25) is 0 Å². The van der Waals surface area contributed by atoms with Crippen LogP contribution in [0.2, 0.25) is 0 Å². The Bertz CT molecular complexity index is 372. The molecule has 126 valence electrons. The van der Waals surface area contributed by atoms with Gasteiger partial charge >= 0.3 is 83.6 Å². The van der Waals surface area contributed by atoms with Gasteiger partial charge in [0.05, 0.1) is 0 Å². The monoisotopic (exact) mass is 351 g/mol. The van der Waals surface area contributed by atoms with Gasteiger partial charge in [0.1, 0.15) is 0 Å². The number of hydrogen-bond donors (Lipinski definition) is 3. The third-order valence-corrected chi connectivity index (χ3v) is 1.91. The zero-order valence-corrected chi connectivity index (χ0v) is 13.7. The summed E-state index contributed by atoms with van der Waals surface area (Å²) in [5.74, 6) is 0. The second-order valence-electron chi connectivity index (χ2n) is 2.61. The van der Waals surface area contributed by atoms with Crippen molar-refractivity contribution in [1.29, 1.82) is 0 Å². The Labute approximate surface area is 135 Å². The summed E-state index contributed by atoms with van der Waals surface area (Å²) in [7, 11) is -4.64. The fourth-order valence-corrected chi connectivity index (χ4v) is 1.000. The Morgan fingerprint density at radius 1 is 0.905 bits per heavy atom. The summed E-state index contributed by atoms with van der Waals surface area (Å²) in [4.78, 5) is 31.3. The minimum atomic E-state index is -4.64. The van der Waals surface area contributed by atoms with Crippen molar-refractivity contribution in [2.24, 2.45) is 0 Å². The van der Waals surface area contributed by atoms with Gasteiger partial charge < -0.3 is 47.5 Å². The van der Waals surface area contributed by atoms with E-state index in [1.807, 2.05) is 0 Å². The van der Waals surface area contributed by atoms with Crippen molar-refractivity contribution in [1.82, 2.24) is 0 Å². The van der Waals surface area contributed by atoms with Crippen LogP contribution >= 0.6 is 7.82 Å².